The van der Waals surface area contributed by atoms with Gasteiger partial charge in [0.05, 0.1) is 13.0 Å². The molecular formula is C21H30N4O2. The number of benzene rings is 1. The van der Waals surface area contributed by atoms with Gasteiger partial charge in [-0.2, -0.15) is 0 Å². The number of piperazine rings is 1. The molecule has 0 spiro atoms. The molecule has 2 N–H and O–H groups in total. The molecule has 146 valence electrons. The molecule has 1 aromatic carbocycles. The summed E-state index contributed by atoms with van der Waals surface area (Å²) in [7, 11) is 0. The van der Waals surface area contributed by atoms with E-state index in [1.165, 1.54) is 0 Å². The third-order valence-corrected chi connectivity index (χ3v) is 5.50. The molecule has 2 aromatic rings. The largest absolute Gasteiger partial charge is 0.361 e. The van der Waals surface area contributed by atoms with Gasteiger partial charge in [0.2, 0.25) is 11.8 Å². The average molecular weight is 370 g/mol. The molecular weight excluding hydrogens is 340 g/mol. The molecule has 0 bridgehead atoms. The second-order valence-electron chi connectivity index (χ2n) is 7.79. The molecule has 3 rings (SSSR count). The topological polar surface area (TPSA) is 68.4 Å². The lowest BCUT2D eigenvalue weighted by atomic mass is 10.1. The van der Waals surface area contributed by atoms with Crippen molar-refractivity contribution in [2.45, 2.75) is 33.2 Å². The van der Waals surface area contributed by atoms with Crippen LogP contribution in [0.2, 0.25) is 0 Å². The fourth-order valence-corrected chi connectivity index (χ4v) is 3.38. The fourth-order valence-electron chi connectivity index (χ4n) is 3.38. The lowest BCUT2D eigenvalue weighted by molar-refractivity contribution is -0.132. The van der Waals surface area contributed by atoms with Crippen LogP contribution in [0, 0.1) is 5.92 Å². The summed E-state index contributed by atoms with van der Waals surface area (Å²) in [5, 5.41) is 4.15. The SMILES string of the molecule is CC(C)C(C)NC(=O)CN1CCN(C(=O)Cc2c[nH]c3ccccc23)CC1. The van der Waals surface area contributed by atoms with Gasteiger partial charge in [-0.1, -0.05) is 32.0 Å². The predicted molar refractivity (Wildman–Crippen MR) is 107 cm³/mol. The molecule has 1 saturated heterocycles. The van der Waals surface area contributed by atoms with Crippen LogP contribution >= 0.6 is 0 Å². The third kappa shape index (κ3) is 4.89. The highest BCUT2D eigenvalue weighted by atomic mass is 16.2. The first-order chi connectivity index (χ1) is 12.9. The minimum atomic E-state index is 0.0646. The monoisotopic (exact) mass is 370 g/mol. The van der Waals surface area contributed by atoms with Gasteiger partial charge < -0.3 is 15.2 Å². The summed E-state index contributed by atoms with van der Waals surface area (Å²) in [6.07, 6.45) is 2.34. The Hall–Kier alpha value is -2.34. The molecule has 6 nitrogen and oxygen atoms in total. The van der Waals surface area contributed by atoms with E-state index in [9.17, 15) is 9.59 Å². The Balaban J connectivity index is 1.47. The Kier molecular flexibility index (Phi) is 6.16. The lowest BCUT2D eigenvalue weighted by Gasteiger charge is -2.34. The molecule has 6 heteroatoms. The molecule has 27 heavy (non-hydrogen) atoms. The summed E-state index contributed by atoms with van der Waals surface area (Å²) in [5.74, 6) is 0.639. The number of carbonyl (C=O) groups is 2. The van der Waals surface area contributed by atoms with Crippen LogP contribution in [0.25, 0.3) is 10.9 Å². The molecule has 0 aliphatic carbocycles. The van der Waals surface area contributed by atoms with Gasteiger partial charge in [-0.05, 0) is 24.5 Å². The zero-order valence-corrected chi connectivity index (χ0v) is 16.5. The minimum Gasteiger partial charge on any atom is -0.361 e. The summed E-state index contributed by atoms with van der Waals surface area (Å²) in [6, 6.07) is 8.23. The molecule has 2 heterocycles. The number of rotatable bonds is 6. The number of nitrogens with zero attached hydrogens (tertiary/aromatic N) is 2. The molecule has 0 radical (unpaired) electrons. The quantitative estimate of drug-likeness (QED) is 0.817. The van der Waals surface area contributed by atoms with Gasteiger partial charge in [-0.3, -0.25) is 14.5 Å². The number of aromatic amines is 1. The zero-order valence-electron chi connectivity index (χ0n) is 16.5. The van der Waals surface area contributed by atoms with E-state index in [1.54, 1.807) is 0 Å². The van der Waals surface area contributed by atoms with Gasteiger partial charge in [0.25, 0.3) is 0 Å². The van der Waals surface area contributed by atoms with E-state index in [0.29, 0.717) is 32.0 Å². The smallest absolute Gasteiger partial charge is 0.234 e. The highest BCUT2D eigenvalue weighted by Gasteiger charge is 2.23. The van der Waals surface area contributed by atoms with Crippen molar-refractivity contribution in [3.63, 3.8) is 0 Å². The number of aromatic nitrogens is 1. The summed E-state index contributed by atoms with van der Waals surface area (Å²) >= 11 is 0. The first-order valence-corrected chi connectivity index (χ1v) is 9.78. The number of para-hydroxylation sites is 1. The zero-order chi connectivity index (χ0) is 19.4. The van der Waals surface area contributed by atoms with Crippen molar-refractivity contribution in [3.8, 4) is 0 Å². The summed E-state index contributed by atoms with van der Waals surface area (Å²) < 4.78 is 0. The Labute approximate surface area is 160 Å². The highest BCUT2D eigenvalue weighted by molar-refractivity contribution is 5.89. The van der Waals surface area contributed by atoms with E-state index in [2.05, 4.69) is 29.0 Å². The van der Waals surface area contributed by atoms with E-state index in [1.807, 2.05) is 42.3 Å². The lowest BCUT2D eigenvalue weighted by Crippen LogP contribution is -2.52. The van der Waals surface area contributed by atoms with Crippen LogP contribution in [-0.4, -0.2) is 65.4 Å². The van der Waals surface area contributed by atoms with E-state index in [0.717, 1.165) is 29.6 Å². The maximum Gasteiger partial charge on any atom is 0.234 e. The number of hydrogen-bond donors (Lipinski definition) is 2. The van der Waals surface area contributed by atoms with Crippen molar-refractivity contribution in [2.24, 2.45) is 5.92 Å². The van der Waals surface area contributed by atoms with Gasteiger partial charge >= 0.3 is 0 Å². The second-order valence-corrected chi connectivity index (χ2v) is 7.79. The molecule has 1 aromatic heterocycles. The Morgan fingerprint density at radius 1 is 1.11 bits per heavy atom. The van der Waals surface area contributed by atoms with Crippen LogP contribution in [0.5, 0.6) is 0 Å². The first-order valence-electron chi connectivity index (χ1n) is 9.78. The summed E-state index contributed by atoms with van der Waals surface area (Å²) in [6.45, 7) is 9.46. The minimum absolute atomic E-state index is 0.0646. The van der Waals surface area contributed by atoms with E-state index in [4.69, 9.17) is 0 Å². The second kappa shape index (κ2) is 8.57. The standard InChI is InChI=1S/C21H30N4O2/c1-15(2)16(3)23-20(26)14-24-8-10-25(11-9-24)21(27)12-17-13-22-19-7-5-4-6-18(17)19/h4-7,13,15-16,22H,8-12,14H2,1-3H3,(H,23,26). The van der Waals surface area contributed by atoms with Gasteiger partial charge in [0, 0.05) is 49.3 Å². The molecule has 2 amide bonds. The maximum absolute atomic E-state index is 12.7. The number of nitrogens with one attached hydrogen (secondary N) is 2. The summed E-state index contributed by atoms with van der Waals surface area (Å²) in [5.41, 5.74) is 2.10. The number of fused-ring (bicyclic) bond motifs is 1. The third-order valence-electron chi connectivity index (χ3n) is 5.50. The van der Waals surface area contributed by atoms with Gasteiger partial charge in [0.1, 0.15) is 0 Å². The van der Waals surface area contributed by atoms with Crippen LogP contribution in [-0.2, 0) is 16.0 Å². The predicted octanol–water partition coefficient (Wildman–Crippen LogP) is 2.02. The Morgan fingerprint density at radius 2 is 1.81 bits per heavy atom. The number of H-pyrrole nitrogens is 1. The van der Waals surface area contributed by atoms with Crippen LogP contribution in [0.15, 0.2) is 30.5 Å². The van der Waals surface area contributed by atoms with Crippen LogP contribution in [0.3, 0.4) is 0 Å². The van der Waals surface area contributed by atoms with Crippen molar-refractivity contribution >= 4 is 22.7 Å². The molecule has 1 aliphatic heterocycles. The molecule has 1 fully saturated rings. The van der Waals surface area contributed by atoms with E-state index in [-0.39, 0.29) is 17.9 Å². The molecule has 0 saturated carbocycles. The Morgan fingerprint density at radius 3 is 2.52 bits per heavy atom. The molecule has 1 aliphatic rings. The van der Waals surface area contributed by atoms with Crippen LogP contribution in [0.4, 0.5) is 0 Å². The molecule has 1 unspecified atom stereocenters. The van der Waals surface area contributed by atoms with Crippen molar-refractivity contribution in [2.75, 3.05) is 32.7 Å². The van der Waals surface area contributed by atoms with Gasteiger partial charge in [-0.15, -0.1) is 0 Å². The van der Waals surface area contributed by atoms with E-state index >= 15 is 0 Å². The average Bonchev–Trinajstić information content (AvgIpc) is 3.05. The maximum atomic E-state index is 12.7. The van der Waals surface area contributed by atoms with Gasteiger partial charge in [-0.25, -0.2) is 0 Å². The van der Waals surface area contributed by atoms with Crippen molar-refractivity contribution in [1.82, 2.24) is 20.1 Å². The first kappa shape index (κ1) is 19.4. The van der Waals surface area contributed by atoms with Crippen molar-refractivity contribution in [1.29, 1.82) is 0 Å². The van der Waals surface area contributed by atoms with Crippen LogP contribution < -0.4 is 5.32 Å². The van der Waals surface area contributed by atoms with E-state index < -0.39 is 0 Å². The normalized spacial score (nSPS) is 16.7. The van der Waals surface area contributed by atoms with Gasteiger partial charge in [0.15, 0.2) is 0 Å². The Bertz CT molecular complexity index is 790. The highest BCUT2D eigenvalue weighted by Crippen LogP contribution is 2.19. The number of hydrogen-bond acceptors (Lipinski definition) is 3. The number of carbonyl (C=O) groups excluding carboxylic acids is 2. The number of amides is 2. The summed E-state index contributed by atoms with van der Waals surface area (Å²) in [4.78, 5) is 32.1. The van der Waals surface area contributed by atoms with Crippen LogP contribution in [0.1, 0.15) is 26.3 Å². The fraction of sp³-hybridized carbons (Fsp3) is 0.524. The molecule has 1 atom stereocenters. The van der Waals surface area contributed by atoms with Crippen molar-refractivity contribution in [3.05, 3.63) is 36.0 Å². The van der Waals surface area contributed by atoms with Crippen molar-refractivity contribution < 1.29 is 9.59 Å².